The molecule has 0 aliphatic carbocycles. The predicted molar refractivity (Wildman–Crippen MR) is 103 cm³/mol. The van der Waals surface area contributed by atoms with Crippen molar-refractivity contribution in [2.45, 2.75) is 6.42 Å². The molecule has 0 spiro atoms. The van der Waals surface area contributed by atoms with Crippen molar-refractivity contribution in [3.05, 3.63) is 48.2 Å². The van der Waals surface area contributed by atoms with Crippen molar-refractivity contribution in [3.8, 4) is 0 Å². The van der Waals surface area contributed by atoms with E-state index < -0.39 is 11.9 Å². The number of hydrogen-bond acceptors (Lipinski definition) is 4. The first-order valence-corrected chi connectivity index (χ1v) is 9.14. The summed E-state index contributed by atoms with van der Waals surface area (Å²) in [5.41, 5.74) is 1.85. The normalized spacial score (nSPS) is 21.2. The highest BCUT2D eigenvalue weighted by Crippen LogP contribution is 2.27. The van der Waals surface area contributed by atoms with Crippen LogP contribution in [0.5, 0.6) is 0 Å². The lowest BCUT2D eigenvalue weighted by molar-refractivity contribution is -0.134. The Kier molecular flexibility index (Phi) is 6.10. The summed E-state index contributed by atoms with van der Waals surface area (Å²) >= 11 is 0. The monoisotopic (exact) mass is 385 g/mol. The Morgan fingerprint density at radius 2 is 1.61 bits per heavy atom. The minimum atomic E-state index is -1.26. The molecule has 148 valence electrons. The Labute approximate surface area is 161 Å². The molecule has 8 nitrogen and oxygen atoms in total. The van der Waals surface area contributed by atoms with Crippen molar-refractivity contribution in [2.75, 3.05) is 26.2 Å². The summed E-state index contributed by atoms with van der Waals surface area (Å²) in [6.45, 7) is 3.88. The van der Waals surface area contributed by atoms with E-state index in [9.17, 15) is 14.4 Å². The molecule has 8 heteroatoms. The van der Waals surface area contributed by atoms with Gasteiger partial charge in [0.1, 0.15) is 0 Å². The van der Waals surface area contributed by atoms with Crippen LogP contribution in [0.4, 0.5) is 0 Å². The number of carbonyl (C=O) groups excluding carboxylic acids is 1. The summed E-state index contributed by atoms with van der Waals surface area (Å²) in [4.78, 5) is 37.1. The summed E-state index contributed by atoms with van der Waals surface area (Å²) in [5.74, 6) is -1.09. The van der Waals surface area contributed by atoms with E-state index in [1.54, 1.807) is 0 Å². The molecule has 2 aliphatic heterocycles. The van der Waals surface area contributed by atoms with Crippen molar-refractivity contribution < 1.29 is 24.6 Å². The van der Waals surface area contributed by atoms with E-state index in [2.05, 4.69) is 15.2 Å². The molecule has 0 unspecified atom stereocenters. The number of H-pyrrole nitrogens is 1. The zero-order chi connectivity index (χ0) is 20.1. The van der Waals surface area contributed by atoms with E-state index >= 15 is 0 Å². The number of carboxylic acids is 2. The number of carboxylic acid groups (broad SMARTS) is 2. The topological polar surface area (TPSA) is 123 Å². The molecule has 28 heavy (non-hydrogen) atoms. The SMILES string of the molecule is O=C(O)/C=C/C(=O)O.O=C(c1c[nH]c2ccccc12)N1C[C@@H]2CNC[C@@H](C2)C1. The van der Waals surface area contributed by atoms with Gasteiger partial charge in [-0.05, 0) is 37.4 Å². The molecule has 2 atom stereocenters. The fourth-order valence-electron chi connectivity index (χ4n) is 3.83. The van der Waals surface area contributed by atoms with E-state index in [0.717, 1.165) is 42.6 Å². The van der Waals surface area contributed by atoms with Crippen molar-refractivity contribution in [3.63, 3.8) is 0 Å². The maximum Gasteiger partial charge on any atom is 0.328 e. The molecule has 4 rings (SSSR count). The Bertz CT molecular complexity index is 876. The van der Waals surface area contributed by atoms with Crippen LogP contribution >= 0.6 is 0 Å². The quantitative estimate of drug-likeness (QED) is 0.595. The van der Waals surface area contributed by atoms with Gasteiger partial charge in [-0.25, -0.2) is 9.59 Å². The number of rotatable bonds is 3. The number of hydrogen-bond donors (Lipinski definition) is 4. The number of aliphatic carboxylic acids is 2. The third-order valence-electron chi connectivity index (χ3n) is 4.97. The van der Waals surface area contributed by atoms with E-state index in [4.69, 9.17) is 10.2 Å². The lowest BCUT2D eigenvalue weighted by Crippen LogP contribution is -2.52. The molecule has 3 heterocycles. The van der Waals surface area contributed by atoms with Crippen LogP contribution in [0.1, 0.15) is 16.8 Å². The summed E-state index contributed by atoms with van der Waals surface area (Å²) in [6.07, 6.45) is 4.24. The molecule has 4 N–H and O–H groups in total. The van der Waals surface area contributed by atoms with Crippen molar-refractivity contribution >= 4 is 28.7 Å². The van der Waals surface area contributed by atoms with Crippen LogP contribution in [-0.4, -0.2) is 64.1 Å². The highest BCUT2D eigenvalue weighted by atomic mass is 16.4. The number of para-hydroxylation sites is 1. The van der Waals surface area contributed by atoms with Crippen LogP contribution in [0, 0.1) is 11.8 Å². The van der Waals surface area contributed by atoms with Crippen LogP contribution in [0.25, 0.3) is 10.9 Å². The summed E-state index contributed by atoms with van der Waals surface area (Å²) in [6, 6.07) is 8.01. The molecule has 1 aromatic heterocycles. The number of likely N-dealkylation sites (tertiary alicyclic amines) is 1. The van der Waals surface area contributed by atoms with Gasteiger partial charge in [0.15, 0.2) is 0 Å². The number of fused-ring (bicyclic) bond motifs is 3. The molecule has 2 aromatic rings. The fraction of sp³-hybridized carbons (Fsp3) is 0.350. The van der Waals surface area contributed by atoms with E-state index in [1.165, 1.54) is 6.42 Å². The predicted octanol–water partition coefficient (Wildman–Crippen LogP) is 1.56. The first-order chi connectivity index (χ1) is 13.4. The second-order valence-electron chi connectivity index (χ2n) is 7.09. The first-order valence-electron chi connectivity index (χ1n) is 9.14. The molecule has 2 fully saturated rings. The molecule has 1 amide bonds. The highest BCUT2D eigenvalue weighted by Gasteiger charge is 2.33. The third-order valence-corrected chi connectivity index (χ3v) is 4.97. The number of piperidine rings is 2. The van der Waals surface area contributed by atoms with Gasteiger partial charge in [0, 0.05) is 42.3 Å². The number of aromatic amines is 1. The molecule has 0 radical (unpaired) electrons. The zero-order valence-corrected chi connectivity index (χ0v) is 15.3. The number of benzene rings is 1. The molecular formula is C20H23N3O5. The average Bonchev–Trinajstić information content (AvgIpc) is 3.10. The Balaban J connectivity index is 0.000000242. The maximum atomic E-state index is 12.8. The van der Waals surface area contributed by atoms with Gasteiger partial charge in [0.2, 0.25) is 0 Å². The van der Waals surface area contributed by atoms with Crippen LogP contribution < -0.4 is 5.32 Å². The fourth-order valence-corrected chi connectivity index (χ4v) is 3.83. The molecular weight excluding hydrogens is 362 g/mol. The zero-order valence-electron chi connectivity index (χ0n) is 15.3. The molecule has 2 aliphatic rings. The van der Waals surface area contributed by atoms with Gasteiger partial charge in [-0.1, -0.05) is 18.2 Å². The summed E-state index contributed by atoms with van der Waals surface area (Å²) in [7, 11) is 0. The van der Waals surface area contributed by atoms with Gasteiger partial charge in [-0.15, -0.1) is 0 Å². The smallest absolute Gasteiger partial charge is 0.328 e. The number of amides is 1. The number of carbonyl (C=O) groups is 3. The third kappa shape index (κ3) is 4.77. The van der Waals surface area contributed by atoms with E-state index in [-0.39, 0.29) is 5.91 Å². The van der Waals surface area contributed by atoms with Gasteiger partial charge in [0.25, 0.3) is 5.91 Å². The van der Waals surface area contributed by atoms with Crippen LogP contribution in [0.3, 0.4) is 0 Å². The second-order valence-corrected chi connectivity index (χ2v) is 7.09. The molecule has 1 aromatic carbocycles. The summed E-state index contributed by atoms with van der Waals surface area (Å²) in [5, 5.41) is 20.1. The Morgan fingerprint density at radius 3 is 2.21 bits per heavy atom. The van der Waals surface area contributed by atoms with Crippen molar-refractivity contribution in [1.29, 1.82) is 0 Å². The van der Waals surface area contributed by atoms with E-state index in [1.807, 2.05) is 30.5 Å². The van der Waals surface area contributed by atoms with Gasteiger partial charge < -0.3 is 25.4 Å². The van der Waals surface area contributed by atoms with Gasteiger partial charge in [-0.3, -0.25) is 4.79 Å². The molecule has 0 saturated carbocycles. The van der Waals surface area contributed by atoms with Gasteiger partial charge in [-0.2, -0.15) is 0 Å². The second kappa shape index (κ2) is 8.71. The lowest BCUT2D eigenvalue weighted by atomic mass is 9.85. The highest BCUT2D eigenvalue weighted by molar-refractivity contribution is 6.06. The summed E-state index contributed by atoms with van der Waals surface area (Å²) < 4.78 is 0. The Hall–Kier alpha value is -3.13. The van der Waals surface area contributed by atoms with Crippen LogP contribution in [0.15, 0.2) is 42.6 Å². The van der Waals surface area contributed by atoms with Crippen LogP contribution in [-0.2, 0) is 9.59 Å². The number of nitrogens with zero attached hydrogens (tertiary/aromatic N) is 1. The van der Waals surface area contributed by atoms with E-state index in [0.29, 0.717) is 24.0 Å². The molecule has 2 saturated heterocycles. The molecule has 2 bridgehead atoms. The standard InChI is InChI=1S/C16H19N3O.C4H4O4/c20-16(14-8-18-15-4-2-1-3-13(14)15)19-9-11-5-12(10-19)7-17-6-11;5-3(6)1-2-4(7)8/h1-4,8,11-12,17-18H,5-7,9-10H2;1-2H,(H,5,6)(H,7,8)/b;2-1+/t11-,12+;. The largest absolute Gasteiger partial charge is 0.478 e. The van der Waals surface area contributed by atoms with Crippen molar-refractivity contribution in [1.82, 2.24) is 15.2 Å². The number of aromatic nitrogens is 1. The average molecular weight is 385 g/mol. The van der Waals surface area contributed by atoms with Crippen molar-refractivity contribution in [2.24, 2.45) is 11.8 Å². The van der Waals surface area contributed by atoms with Gasteiger partial charge in [0.05, 0.1) is 5.56 Å². The number of nitrogens with one attached hydrogen (secondary N) is 2. The maximum absolute atomic E-state index is 12.8. The first kappa shape index (κ1) is 19.6. The minimum absolute atomic E-state index is 0.180. The Morgan fingerprint density at radius 1 is 1.00 bits per heavy atom. The van der Waals surface area contributed by atoms with Gasteiger partial charge >= 0.3 is 11.9 Å². The minimum Gasteiger partial charge on any atom is -0.478 e. The van der Waals surface area contributed by atoms with Crippen LogP contribution in [0.2, 0.25) is 0 Å². The lowest BCUT2D eigenvalue weighted by Gasteiger charge is -2.41.